The van der Waals surface area contributed by atoms with Gasteiger partial charge in [0.2, 0.25) is 5.84 Å². The van der Waals surface area contributed by atoms with Crippen LogP contribution in [0.3, 0.4) is 0 Å². The quantitative estimate of drug-likeness (QED) is 0.211. The van der Waals surface area contributed by atoms with Gasteiger partial charge in [-0.25, -0.2) is 19.1 Å². The Morgan fingerprint density at radius 2 is 1.88 bits per heavy atom. The van der Waals surface area contributed by atoms with Crippen molar-refractivity contribution in [1.29, 1.82) is 0 Å². The molecule has 2 aromatic carbocycles. The van der Waals surface area contributed by atoms with Crippen molar-refractivity contribution in [3.8, 4) is 0 Å². The minimum absolute atomic E-state index is 0.0626. The first kappa shape index (κ1) is 26.3. The molecule has 1 aliphatic heterocycles. The molecule has 1 aliphatic rings. The Bertz CT molecular complexity index is 1110. The van der Waals surface area contributed by atoms with Crippen LogP contribution in [0.2, 0.25) is 0 Å². The molecule has 0 aliphatic carbocycles. The van der Waals surface area contributed by atoms with Gasteiger partial charge in [-0.3, -0.25) is 9.69 Å². The van der Waals surface area contributed by atoms with Crippen molar-refractivity contribution in [1.82, 2.24) is 4.90 Å². The lowest BCUT2D eigenvalue weighted by atomic mass is 10.2. The molecule has 2 aromatic rings. The molecule has 0 saturated carbocycles. The highest BCUT2D eigenvalue weighted by Crippen LogP contribution is 2.38. The van der Waals surface area contributed by atoms with Crippen molar-refractivity contribution in [3.63, 3.8) is 0 Å². The van der Waals surface area contributed by atoms with Crippen LogP contribution in [0.4, 0.5) is 20.6 Å². The standard InChI is InChI=1S/C21H20Br2ClFN4O2S2/c1-28-18(30)17(29(20(28)31)15-7-5-4-6-13(15)25)27-19(21(22,23)11-24)26-14-9-8-12(32-2)10-16(14)33-3/h4-10,19,26H,11H2,1-3H3. The van der Waals surface area contributed by atoms with E-state index >= 15 is 0 Å². The van der Waals surface area contributed by atoms with Crippen LogP contribution in [0.1, 0.15) is 0 Å². The molecule has 1 heterocycles. The summed E-state index contributed by atoms with van der Waals surface area (Å²) in [5, 5.41) is 3.31. The lowest BCUT2D eigenvalue weighted by Gasteiger charge is -2.29. The van der Waals surface area contributed by atoms with Gasteiger partial charge in [-0.1, -0.05) is 44.0 Å². The molecule has 0 spiro atoms. The summed E-state index contributed by atoms with van der Waals surface area (Å²) < 4.78 is 13.6. The zero-order valence-electron chi connectivity index (χ0n) is 17.8. The number of para-hydroxylation sites is 1. The average molecular weight is 639 g/mol. The molecule has 3 rings (SSSR count). The number of nitrogens with zero attached hydrogens (tertiary/aromatic N) is 3. The molecule has 1 N–H and O–H groups in total. The highest BCUT2D eigenvalue weighted by atomic mass is 79.9. The molecule has 3 amide bonds. The van der Waals surface area contributed by atoms with Gasteiger partial charge in [-0.2, -0.15) is 0 Å². The number of halogens is 4. The molecule has 1 saturated heterocycles. The van der Waals surface area contributed by atoms with E-state index in [1.54, 1.807) is 29.6 Å². The number of urea groups is 1. The third-order valence-electron chi connectivity index (χ3n) is 4.81. The number of imide groups is 1. The summed E-state index contributed by atoms with van der Waals surface area (Å²) in [6.45, 7) is 0. The van der Waals surface area contributed by atoms with Crippen LogP contribution in [0.5, 0.6) is 0 Å². The minimum atomic E-state index is -0.978. The minimum Gasteiger partial charge on any atom is -0.361 e. The van der Waals surface area contributed by atoms with Crippen molar-refractivity contribution in [2.24, 2.45) is 4.99 Å². The number of rotatable bonds is 8. The number of nitrogens with one attached hydrogen (secondary N) is 1. The van der Waals surface area contributed by atoms with Gasteiger partial charge in [0.15, 0.2) is 0 Å². The fourth-order valence-electron chi connectivity index (χ4n) is 3.03. The number of likely N-dealkylation sites (N-methyl/N-ethyl adjacent to an activating group) is 1. The van der Waals surface area contributed by atoms with E-state index < -0.39 is 27.2 Å². The second kappa shape index (κ2) is 11.0. The van der Waals surface area contributed by atoms with Crippen LogP contribution in [0.25, 0.3) is 0 Å². The summed E-state index contributed by atoms with van der Waals surface area (Å²) in [6.07, 6.45) is 3.11. The van der Waals surface area contributed by atoms with Crippen molar-refractivity contribution in [3.05, 3.63) is 48.3 Å². The van der Waals surface area contributed by atoms with Crippen molar-refractivity contribution < 1.29 is 14.0 Å². The summed E-state index contributed by atoms with van der Waals surface area (Å²) in [7, 11) is 1.33. The van der Waals surface area contributed by atoms with Crippen LogP contribution in [0.15, 0.2) is 57.2 Å². The first-order chi connectivity index (χ1) is 15.6. The molecule has 1 fully saturated rings. The number of hydrogen-bond acceptors (Lipinski definition) is 6. The van der Waals surface area contributed by atoms with Crippen molar-refractivity contribution >= 4 is 96.1 Å². The summed E-state index contributed by atoms with van der Waals surface area (Å²) in [5.41, 5.74) is 0.707. The average Bonchev–Trinajstić information content (AvgIpc) is 3.02. The first-order valence-electron chi connectivity index (χ1n) is 9.51. The number of alkyl halides is 3. The Hall–Kier alpha value is -1.27. The van der Waals surface area contributed by atoms with E-state index in [1.807, 2.05) is 30.7 Å². The first-order valence-corrected chi connectivity index (χ1v) is 14.1. The van der Waals surface area contributed by atoms with Crippen LogP contribution in [-0.4, -0.2) is 57.5 Å². The number of thioether (sulfide) groups is 2. The Kier molecular flexibility index (Phi) is 8.77. The highest BCUT2D eigenvalue weighted by Gasteiger charge is 2.44. The zero-order valence-corrected chi connectivity index (χ0v) is 23.4. The monoisotopic (exact) mass is 636 g/mol. The molecule has 1 unspecified atom stereocenters. The third kappa shape index (κ3) is 5.53. The smallest absolute Gasteiger partial charge is 0.337 e. The van der Waals surface area contributed by atoms with E-state index in [0.717, 1.165) is 25.3 Å². The van der Waals surface area contributed by atoms with Gasteiger partial charge < -0.3 is 5.32 Å². The van der Waals surface area contributed by atoms with Gasteiger partial charge in [0, 0.05) is 22.5 Å². The lowest BCUT2D eigenvalue weighted by molar-refractivity contribution is -0.119. The fraction of sp³-hybridized carbons (Fsp3) is 0.286. The number of amides is 3. The van der Waals surface area contributed by atoms with Gasteiger partial charge in [-0.05, 0) is 42.8 Å². The molecule has 33 heavy (non-hydrogen) atoms. The molecule has 176 valence electrons. The third-order valence-corrected chi connectivity index (χ3v) is 8.81. The highest BCUT2D eigenvalue weighted by molar-refractivity contribution is 9.25. The number of hydrogen-bond donors (Lipinski definition) is 1. The van der Waals surface area contributed by atoms with Crippen molar-refractivity contribution in [2.75, 3.05) is 35.7 Å². The molecule has 0 bridgehead atoms. The van der Waals surface area contributed by atoms with Crippen LogP contribution < -0.4 is 10.2 Å². The summed E-state index contributed by atoms with van der Waals surface area (Å²) in [5.74, 6) is -1.45. The number of carbonyl (C=O) groups is 2. The van der Waals surface area contributed by atoms with Gasteiger partial charge >= 0.3 is 6.03 Å². The molecule has 12 heteroatoms. The Morgan fingerprint density at radius 3 is 2.48 bits per heavy atom. The van der Waals surface area contributed by atoms with Crippen LogP contribution >= 0.6 is 67.0 Å². The lowest BCUT2D eigenvalue weighted by Crippen LogP contribution is -2.41. The summed E-state index contributed by atoms with van der Waals surface area (Å²) in [4.78, 5) is 34.3. The molecule has 0 aromatic heterocycles. The molecule has 6 nitrogen and oxygen atoms in total. The molecular formula is C21H20Br2ClFN4O2S2. The number of amidine groups is 1. The molecule has 1 atom stereocenters. The SMILES string of the molecule is CSc1ccc(NC(N=C2C(=O)N(C)C(=O)N2c2ccccc2F)C(Br)(Br)CCl)c(SC)c1. The second-order valence-corrected chi connectivity index (χ2v) is 12.8. The fourth-order valence-corrected chi connectivity index (χ4v) is 4.71. The van der Waals surface area contributed by atoms with E-state index in [1.165, 1.54) is 25.2 Å². The van der Waals surface area contributed by atoms with Gasteiger partial charge in [0.25, 0.3) is 5.91 Å². The topological polar surface area (TPSA) is 65.0 Å². The maximum absolute atomic E-state index is 14.6. The van der Waals surface area contributed by atoms with Crippen LogP contribution in [-0.2, 0) is 4.79 Å². The number of carbonyl (C=O) groups excluding carboxylic acids is 2. The maximum atomic E-state index is 14.6. The number of benzene rings is 2. The summed E-state index contributed by atoms with van der Waals surface area (Å²) >= 11 is 16.4. The number of aliphatic imine (C=N–C) groups is 1. The van der Waals surface area contributed by atoms with Gasteiger partial charge in [0.1, 0.15) is 15.2 Å². The van der Waals surface area contributed by atoms with Gasteiger partial charge in [0.05, 0.1) is 11.6 Å². The normalized spacial score (nSPS) is 16.6. The van der Waals surface area contributed by atoms with E-state index in [-0.39, 0.29) is 17.4 Å². The Labute approximate surface area is 222 Å². The Morgan fingerprint density at radius 1 is 1.18 bits per heavy atom. The largest absolute Gasteiger partial charge is 0.361 e. The van der Waals surface area contributed by atoms with Crippen molar-refractivity contribution in [2.45, 2.75) is 19.2 Å². The molecular weight excluding hydrogens is 619 g/mol. The van der Waals surface area contributed by atoms with E-state index in [0.29, 0.717) is 0 Å². The molecule has 0 radical (unpaired) electrons. The number of anilines is 2. The van der Waals surface area contributed by atoms with E-state index in [2.05, 4.69) is 42.2 Å². The van der Waals surface area contributed by atoms with Crippen LogP contribution in [0, 0.1) is 5.82 Å². The predicted octanol–water partition coefficient (Wildman–Crippen LogP) is 6.23. The van der Waals surface area contributed by atoms with E-state index in [9.17, 15) is 14.0 Å². The Balaban J connectivity index is 2.11. The maximum Gasteiger partial charge on any atom is 0.337 e. The summed E-state index contributed by atoms with van der Waals surface area (Å²) in [6, 6.07) is 10.9. The predicted molar refractivity (Wildman–Crippen MR) is 143 cm³/mol. The van der Waals surface area contributed by atoms with Gasteiger partial charge in [-0.15, -0.1) is 35.1 Å². The van der Waals surface area contributed by atoms with E-state index in [4.69, 9.17) is 11.6 Å². The zero-order chi connectivity index (χ0) is 24.3. The second-order valence-electron chi connectivity index (χ2n) is 6.89.